The summed E-state index contributed by atoms with van der Waals surface area (Å²) in [6, 6.07) is 6.25. The Hall–Kier alpha value is -2.01. The summed E-state index contributed by atoms with van der Waals surface area (Å²) < 4.78 is 11.9. The number of likely N-dealkylation sites (tertiary alicyclic amines) is 1. The van der Waals surface area contributed by atoms with Gasteiger partial charge in [0.05, 0.1) is 19.6 Å². The molecule has 0 bridgehead atoms. The van der Waals surface area contributed by atoms with Crippen molar-refractivity contribution < 1.29 is 14.3 Å². The predicted molar refractivity (Wildman–Crippen MR) is 101 cm³/mol. The fraction of sp³-hybridized carbons (Fsp3) is 0.476. The minimum atomic E-state index is 0.258. The molecular weight excluding hydrogens is 346 g/mol. The Morgan fingerprint density at radius 2 is 2.04 bits per heavy atom. The lowest BCUT2D eigenvalue weighted by Gasteiger charge is -2.33. The number of benzene rings is 1. The first kappa shape index (κ1) is 16.2. The van der Waals surface area contributed by atoms with E-state index in [1.165, 1.54) is 16.7 Å². The second-order valence-electron chi connectivity index (χ2n) is 7.36. The van der Waals surface area contributed by atoms with Crippen molar-refractivity contribution in [3.63, 3.8) is 0 Å². The highest BCUT2D eigenvalue weighted by atomic mass is 32.1. The molecule has 26 heavy (non-hydrogen) atoms. The van der Waals surface area contributed by atoms with Crippen LogP contribution in [0.15, 0.2) is 23.6 Å². The molecule has 3 aliphatic rings. The van der Waals surface area contributed by atoms with E-state index in [4.69, 9.17) is 9.47 Å². The molecule has 0 atom stereocenters. The van der Waals surface area contributed by atoms with Crippen LogP contribution in [-0.4, -0.2) is 37.1 Å². The van der Waals surface area contributed by atoms with Gasteiger partial charge in [-0.1, -0.05) is 6.07 Å². The van der Waals surface area contributed by atoms with E-state index in [2.05, 4.69) is 6.07 Å². The maximum absolute atomic E-state index is 12.6. The molecule has 1 saturated heterocycles. The third-order valence-electron chi connectivity index (χ3n) is 5.85. The molecule has 0 aliphatic carbocycles. The number of piperidine rings is 1. The molecule has 0 spiro atoms. The smallest absolute Gasteiger partial charge is 0.227 e. The van der Waals surface area contributed by atoms with Crippen LogP contribution in [0.25, 0.3) is 0 Å². The number of thiophene rings is 1. The van der Waals surface area contributed by atoms with Gasteiger partial charge in [-0.25, -0.2) is 0 Å². The van der Waals surface area contributed by atoms with Crippen molar-refractivity contribution in [2.45, 2.75) is 38.0 Å². The molecule has 2 aromatic rings. The molecule has 3 aliphatic heterocycles. The molecule has 1 aromatic carbocycles. The highest BCUT2D eigenvalue weighted by Crippen LogP contribution is 2.46. The lowest BCUT2D eigenvalue weighted by atomic mass is 9.83. The van der Waals surface area contributed by atoms with Crippen LogP contribution in [0.1, 0.15) is 40.3 Å². The summed E-state index contributed by atoms with van der Waals surface area (Å²) in [4.78, 5) is 15.8. The van der Waals surface area contributed by atoms with Crippen molar-refractivity contribution in [1.82, 2.24) is 4.90 Å². The Kier molecular flexibility index (Phi) is 4.12. The van der Waals surface area contributed by atoms with Crippen LogP contribution in [0.2, 0.25) is 0 Å². The minimum Gasteiger partial charge on any atom is -0.493 e. The average Bonchev–Trinajstić information content (AvgIpc) is 3.41. The topological polar surface area (TPSA) is 38.8 Å². The number of hydrogen-bond acceptors (Lipinski definition) is 4. The van der Waals surface area contributed by atoms with E-state index in [1.807, 2.05) is 22.4 Å². The molecule has 4 nitrogen and oxygen atoms in total. The Labute approximate surface area is 157 Å². The van der Waals surface area contributed by atoms with Crippen LogP contribution in [0, 0.1) is 0 Å². The number of hydrogen-bond donors (Lipinski definition) is 0. The fourth-order valence-electron chi connectivity index (χ4n) is 4.55. The summed E-state index contributed by atoms with van der Waals surface area (Å²) in [5.74, 6) is 2.93. The summed E-state index contributed by atoms with van der Waals surface area (Å²) in [6.45, 7) is 3.25. The Balaban J connectivity index is 1.33. The summed E-state index contributed by atoms with van der Waals surface area (Å²) in [5.41, 5.74) is 4.05. The van der Waals surface area contributed by atoms with Gasteiger partial charge < -0.3 is 14.4 Å². The molecular formula is C21H23NO3S. The van der Waals surface area contributed by atoms with Crippen LogP contribution in [0.5, 0.6) is 11.5 Å². The Bertz CT molecular complexity index is 790. The molecule has 5 heteroatoms. The summed E-state index contributed by atoms with van der Waals surface area (Å²) in [5, 5.41) is 2.04. The van der Waals surface area contributed by atoms with Gasteiger partial charge in [-0.3, -0.25) is 4.79 Å². The fourth-order valence-corrected chi connectivity index (χ4v) is 5.24. The Morgan fingerprint density at radius 3 is 2.85 bits per heavy atom. The molecule has 4 heterocycles. The zero-order valence-corrected chi connectivity index (χ0v) is 15.6. The number of amides is 1. The van der Waals surface area contributed by atoms with E-state index in [0.29, 0.717) is 12.3 Å². The van der Waals surface area contributed by atoms with Crippen molar-refractivity contribution in [3.05, 3.63) is 45.1 Å². The zero-order valence-electron chi connectivity index (χ0n) is 14.8. The number of ether oxygens (including phenoxy) is 2. The van der Waals surface area contributed by atoms with E-state index in [-0.39, 0.29) is 5.91 Å². The second kappa shape index (κ2) is 6.62. The average molecular weight is 369 g/mol. The molecule has 0 N–H and O–H groups in total. The first-order chi connectivity index (χ1) is 12.8. The second-order valence-corrected chi connectivity index (χ2v) is 8.40. The van der Waals surface area contributed by atoms with E-state index in [9.17, 15) is 4.79 Å². The van der Waals surface area contributed by atoms with Gasteiger partial charge in [0, 0.05) is 47.5 Å². The maximum atomic E-state index is 12.6. The number of nitrogens with zero attached hydrogens (tertiary/aromatic N) is 1. The van der Waals surface area contributed by atoms with Gasteiger partial charge in [0.25, 0.3) is 0 Å². The highest BCUT2D eigenvalue weighted by molar-refractivity contribution is 7.10. The van der Waals surface area contributed by atoms with E-state index >= 15 is 0 Å². The number of carbonyl (C=O) groups excluding carboxylic acids is 1. The lowest BCUT2D eigenvalue weighted by molar-refractivity contribution is -0.131. The van der Waals surface area contributed by atoms with Crippen molar-refractivity contribution in [2.24, 2.45) is 0 Å². The molecule has 1 aromatic heterocycles. The summed E-state index contributed by atoms with van der Waals surface area (Å²) in [7, 11) is 0. The van der Waals surface area contributed by atoms with E-state index in [0.717, 1.165) is 68.4 Å². The normalized spacial score (nSPS) is 19.0. The van der Waals surface area contributed by atoms with Gasteiger partial charge in [0.1, 0.15) is 11.5 Å². The quantitative estimate of drug-likeness (QED) is 0.830. The molecule has 0 unspecified atom stereocenters. The first-order valence-electron chi connectivity index (χ1n) is 9.54. The zero-order chi connectivity index (χ0) is 17.5. The predicted octanol–water partition coefficient (Wildman–Crippen LogP) is 3.57. The third-order valence-corrected chi connectivity index (χ3v) is 6.73. The largest absolute Gasteiger partial charge is 0.493 e. The van der Waals surface area contributed by atoms with E-state index in [1.54, 1.807) is 11.3 Å². The molecule has 136 valence electrons. The summed E-state index contributed by atoms with van der Waals surface area (Å²) >= 11 is 1.66. The monoisotopic (exact) mass is 369 g/mol. The molecule has 1 fully saturated rings. The SMILES string of the molecule is O=C(Cc1cccs1)N1CCC(c2c3c(cc4c2OCC4)OCC3)CC1. The van der Waals surface area contributed by atoms with Crippen molar-refractivity contribution in [1.29, 1.82) is 0 Å². The maximum Gasteiger partial charge on any atom is 0.227 e. The van der Waals surface area contributed by atoms with Crippen LogP contribution in [0.3, 0.4) is 0 Å². The molecule has 1 amide bonds. The van der Waals surface area contributed by atoms with Crippen LogP contribution >= 0.6 is 11.3 Å². The standard InChI is InChI=1S/C21H23NO3S/c23-19(13-16-2-1-11-26-16)22-7-3-14(4-8-22)20-17-6-10-24-18(17)12-15-5-9-25-21(15)20/h1-2,11-12,14H,3-10,13H2. The van der Waals surface area contributed by atoms with Gasteiger partial charge >= 0.3 is 0 Å². The van der Waals surface area contributed by atoms with Gasteiger partial charge in [0.2, 0.25) is 5.91 Å². The first-order valence-corrected chi connectivity index (χ1v) is 10.4. The van der Waals surface area contributed by atoms with Crippen molar-refractivity contribution in [3.8, 4) is 11.5 Å². The number of rotatable bonds is 3. The number of carbonyl (C=O) groups is 1. The van der Waals surface area contributed by atoms with Crippen LogP contribution < -0.4 is 9.47 Å². The third kappa shape index (κ3) is 2.78. The van der Waals surface area contributed by atoms with Crippen molar-refractivity contribution in [2.75, 3.05) is 26.3 Å². The molecule has 0 saturated carbocycles. The van der Waals surface area contributed by atoms with Gasteiger partial charge in [-0.15, -0.1) is 11.3 Å². The van der Waals surface area contributed by atoms with Gasteiger partial charge in [0.15, 0.2) is 0 Å². The minimum absolute atomic E-state index is 0.258. The molecule has 0 radical (unpaired) electrons. The van der Waals surface area contributed by atoms with Gasteiger partial charge in [-0.05, 0) is 36.3 Å². The van der Waals surface area contributed by atoms with E-state index < -0.39 is 0 Å². The molecule has 5 rings (SSSR count). The van der Waals surface area contributed by atoms with Crippen LogP contribution in [0.4, 0.5) is 0 Å². The summed E-state index contributed by atoms with van der Waals surface area (Å²) in [6.07, 6.45) is 4.54. The lowest BCUT2D eigenvalue weighted by Crippen LogP contribution is -2.38. The van der Waals surface area contributed by atoms with Crippen LogP contribution in [-0.2, 0) is 24.1 Å². The van der Waals surface area contributed by atoms with Crippen molar-refractivity contribution >= 4 is 17.2 Å². The Morgan fingerprint density at radius 1 is 1.19 bits per heavy atom. The highest BCUT2D eigenvalue weighted by Gasteiger charge is 2.33. The number of fused-ring (bicyclic) bond motifs is 2. The van der Waals surface area contributed by atoms with Gasteiger partial charge in [-0.2, -0.15) is 0 Å².